The van der Waals surface area contributed by atoms with Crippen molar-refractivity contribution in [1.82, 2.24) is 9.97 Å². The average molecular weight is 274 g/mol. The molecule has 0 spiro atoms. The molecule has 94 valence electrons. The normalized spacial score (nSPS) is 10.6. The molecule has 2 aromatic carbocycles. The zero-order valence-corrected chi connectivity index (χ0v) is 10.5. The number of benzene rings is 2. The molecule has 1 N–H and O–H groups in total. The molecule has 0 atom stereocenters. The van der Waals surface area contributed by atoms with Crippen LogP contribution in [-0.2, 0) is 0 Å². The van der Waals surface area contributed by atoms with Crippen LogP contribution in [0.3, 0.4) is 0 Å². The van der Waals surface area contributed by atoms with Crippen LogP contribution in [0.4, 0.5) is 15.9 Å². The van der Waals surface area contributed by atoms with Gasteiger partial charge in [-0.1, -0.05) is 29.8 Å². The third kappa shape index (κ3) is 2.22. The van der Waals surface area contributed by atoms with E-state index < -0.39 is 0 Å². The second-order valence-electron chi connectivity index (χ2n) is 3.96. The molecular weight excluding hydrogens is 265 g/mol. The summed E-state index contributed by atoms with van der Waals surface area (Å²) < 4.78 is 13.6. The van der Waals surface area contributed by atoms with Crippen LogP contribution in [0.15, 0.2) is 48.8 Å². The molecule has 1 aromatic heterocycles. The number of aromatic nitrogens is 2. The van der Waals surface area contributed by atoms with Crippen LogP contribution in [0, 0.1) is 5.82 Å². The zero-order valence-electron chi connectivity index (χ0n) is 9.77. The first kappa shape index (κ1) is 11.9. The molecule has 0 aliphatic carbocycles. The van der Waals surface area contributed by atoms with Gasteiger partial charge in [0.25, 0.3) is 0 Å². The fraction of sp³-hybridized carbons (Fsp3) is 0. The molecule has 3 nitrogen and oxygen atoms in total. The highest BCUT2D eigenvalue weighted by Crippen LogP contribution is 2.28. The Morgan fingerprint density at radius 2 is 1.84 bits per heavy atom. The summed E-state index contributed by atoms with van der Waals surface area (Å²) in [4.78, 5) is 8.08. The number of nitrogens with zero attached hydrogens (tertiary/aromatic N) is 2. The highest BCUT2D eigenvalue weighted by molar-refractivity contribution is 6.33. The second kappa shape index (κ2) is 4.82. The molecule has 0 fully saturated rings. The van der Waals surface area contributed by atoms with Crippen molar-refractivity contribution < 1.29 is 4.39 Å². The monoisotopic (exact) mass is 273 g/mol. The minimum absolute atomic E-state index is 0.284. The van der Waals surface area contributed by atoms with Crippen molar-refractivity contribution in [3.8, 4) is 0 Å². The van der Waals surface area contributed by atoms with Gasteiger partial charge in [-0.05, 0) is 24.3 Å². The van der Waals surface area contributed by atoms with E-state index in [1.807, 2.05) is 18.2 Å². The van der Waals surface area contributed by atoms with E-state index in [1.54, 1.807) is 18.2 Å². The van der Waals surface area contributed by atoms with Gasteiger partial charge in [0.15, 0.2) is 0 Å². The molecule has 0 unspecified atom stereocenters. The van der Waals surface area contributed by atoms with E-state index in [0.717, 1.165) is 0 Å². The maximum absolute atomic E-state index is 13.6. The summed E-state index contributed by atoms with van der Waals surface area (Å²) in [7, 11) is 0. The Morgan fingerprint density at radius 3 is 2.68 bits per heavy atom. The first-order chi connectivity index (χ1) is 9.25. The van der Waals surface area contributed by atoms with Crippen LogP contribution in [-0.4, -0.2) is 9.97 Å². The fourth-order valence-electron chi connectivity index (χ4n) is 1.84. The predicted molar refractivity (Wildman–Crippen MR) is 74.2 cm³/mol. The molecule has 0 aliphatic heterocycles. The van der Waals surface area contributed by atoms with Crippen LogP contribution in [0.5, 0.6) is 0 Å². The first-order valence-corrected chi connectivity index (χ1v) is 6.04. The second-order valence-corrected chi connectivity index (χ2v) is 4.37. The van der Waals surface area contributed by atoms with Gasteiger partial charge in [0.2, 0.25) is 0 Å². The van der Waals surface area contributed by atoms with Gasteiger partial charge < -0.3 is 5.32 Å². The van der Waals surface area contributed by atoms with Crippen LogP contribution in [0.2, 0.25) is 5.02 Å². The third-order valence-electron chi connectivity index (χ3n) is 2.74. The predicted octanol–water partition coefficient (Wildman–Crippen LogP) is 4.17. The molecule has 0 amide bonds. The van der Waals surface area contributed by atoms with Gasteiger partial charge >= 0.3 is 0 Å². The number of hydrogen-bond acceptors (Lipinski definition) is 3. The Kier molecular flexibility index (Phi) is 3.01. The lowest BCUT2D eigenvalue weighted by Gasteiger charge is -2.09. The Labute approximate surface area is 114 Å². The van der Waals surface area contributed by atoms with Crippen LogP contribution < -0.4 is 5.32 Å². The summed E-state index contributed by atoms with van der Waals surface area (Å²) >= 11 is 6.08. The Hall–Kier alpha value is -2.20. The number of nitrogens with one attached hydrogen (secondary N) is 1. The lowest BCUT2D eigenvalue weighted by molar-refractivity contribution is 0.636. The van der Waals surface area contributed by atoms with E-state index in [1.165, 1.54) is 12.4 Å². The lowest BCUT2D eigenvalue weighted by atomic mass is 10.2. The molecule has 1 heterocycles. The van der Waals surface area contributed by atoms with Crippen molar-refractivity contribution in [2.75, 3.05) is 5.32 Å². The first-order valence-electron chi connectivity index (χ1n) is 5.66. The molecule has 0 saturated heterocycles. The summed E-state index contributed by atoms with van der Waals surface area (Å²) in [6, 6.07) is 12.1. The van der Waals surface area contributed by atoms with E-state index in [9.17, 15) is 4.39 Å². The van der Waals surface area contributed by atoms with Crippen molar-refractivity contribution in [3.05, 3.63) is 59.6 Å². The fourth-order valence-corrected chi connectivity index (χ4v) is 2.02. The topological polar surface area (TPSA) is 37.8 Å². The summed E-state index contributed by atoms with van der Waals surface area (Å²) in [5.41, 5.74) is 1.00. The lowest BCUT2D eigenvalue weighted by Crippen LogP contribution is -1.97. The van der Waals surface area contributed by atoms with E-state index >= 15 is 0 Å². The van der Waals surface area contributed by atoms with E-state index in [2.05, 4.69) is 15.3 Å². The molecule has 0 saturated carbocycles. The molecule has 0 aliphatic rings. The highest BCUT2D eigenvalue weighted by Gasteiger charge is 2.08. The quantitative estimate of drug-likeness (QED) is 0.762. The molecule has 3 aromatic rings. The number of anilines is 2. The smallest absolute Gasteiger partial charge is 0.149 e. The van der Waals surface area contributed by atoms with Gasteiger partial charge in [0, 0.05) is 5.39 Å². The number of fused-ring (bicyclic) bond motifs is 1. The van der Waals surface area contributed by atoms with Crippen molar-refractivity contribution in [2.24, 2.45) is 0 Å². The Morgan fingerprint density at radius 1 is 1.00 bits per heavy atom. The molecular formula is C14H9ClFN3. The molecule has 0 radical (unpaired) electrons. The van der Waals surface area contributed by atoms with Crippen LogP contribution in [0.25, 0.3) is 10.9 Å². The van der Waals surface area contributed by atoms with Gasteiger partial charge in [-0.15, -0.1) is 0 Å². The van der Waals surface area contributed by atoms with Gasteiger partial charge in [-0.2, -0.15) is 0 Å². The molecule has 0 bridgehead atoms. The summed E-state index contributed by atoms with van der Waals surface area (Å²) in [5.74, 6) is 0.153. The Balaban J connectivity index is 2.12. The van der Waals surface area contributed by atoms with Crippen molar-refractivity contribution >= 4 is 34.0 Å². The van der Waals surface area contributed by atoms with E-state index in [-0.39, 0.29) is 11.3 Å². The van der Waals surface area contributed by atoms with Crippen LogP contribution in [0.1, 0.15) is 0 Å². The van der Waals surface area contributed by atoms with Gasteiger partial charge in [0.1, 0.15) is 23.5 Å². The van der Waals surface area contributed by atoms with Gasteiger partial charge in [0.05, 0.1) is 10.7 Å². The number of para-hydroxylation sites is 2. The molecule has 19 heavy (non-hydrogen) atoms. The van der Waals surface area contributed by atoms with Crippen molar-refractivity contribution in [1.29, 1.82) is 0 Å². The number of halogens is 2. The molecule has 3 rings (SSSR count). The zero-order chi connectivity index (χ0) is 13.2. The van der Waals surface area contributed by atoms with Crippen molar-refractivity contribution in [3.63, 3.8) is 0 Å². The van der Waals surface area contributed by atoms with Gasteiger partial charge in [-0.25, -0.2) is 14.4 Å². The largest absolute Gasteiger partial charge is 0.338 e. The van der Waals surface area contributed by atoms with Crippen molar-refractivity contribution in [2.45, 2.75) is 0 Å². The third-order valence-corrected chi connectivity index (χ3v) is 3.07. The highest BCUT2D eigenvalue weighted by atomic mass is 35.5. The number of hydrogen-bond donors (Lipinski definition) is 1. The summed E-state index contributed by atoms with van der Waals surface area (Å²) in [5, 5.41) is 4.28. The van der Waals surface area contributed by atoms with Gasteiger partial charge in [-0.3, -0.25) is 0 Å². The Bertz CT molecular complexity index is 746. The standard InChI is InChI=1S/C14H9ClFN3/c15-10-5-1-2-7-12(10)19-14-9-4-3-6-11(16)13(9)17-8-18-14/h1-8H,(H,17,18,19). The average Bonchev–Trinajstić information content (AvgIpc) is 2.42. The minimum Gasteiger partial charge on any atom is -0.338 e. The maximum Gasteiger partial charge on any atom is 0.149 e. The maximum atomic E-state index is 13.6. The van der Waals surface area contributed by atoms with E-state index in [0.29, 0.717) is 21.9 Å². The van der Waals surface area contributed by atoms with E-state index in [4.69, 9.17) is 11.6 Å². The van der Waals surface area contributed by atoms with Crippen LogP contribution >= 0.6 is 11.6 Å². The minimum atomic E-state index is -0.373. The SMILES string of the molecule is Fc1cccc2c(Nc3ccccc3Cl)ncnc12. The molecule has 5 heteroatoms. The summed E-state index contributed by atoms with van der Waals surface area (Å²) in [6.07, 6.45) is 1.32. The number of rotatable bonds is 2. The summed E-state index contributed by atoms with van der Waals surface area (Å²) in [6.45, 7) is 0.